The second kappa shape index (κ2) is 7.23. The first-order chi connectivity index (χ1) is 12.7. The number of likely N-dealkylation sites (tertiary alicyclic amines) is 1. The van der Waals surface area contributed by atoms with E-state index in [2.05, 4.69) is 46.0 Å². The number of hydrogen-bond acceptors (Lipinski definition) is 4. The quantitative estimate of drug-likeness (QED) is 0.809. The number of nitrogens with zero attached hydrogens (tertiary/aromatic N) is 2. The first-order valence-corrected chi connectivity index (χ1v) is 9.39. The van der Waals surface area contributed by atoms with Gasteiger partial charge in [-0.05, 0) is 54.9 Å². The fraction of sp³-hybridized carbons (Fsp3) is 0.350. The van der Waals surface area contributed by atoms with Crippen molar-refractivity contribution < 1.29 is 4.74 Å². The summed E-state index contributed by atoms with van der Waals surface area (Å²) in [6.45, 7) is 3.07. The van der Waals surface area contributed by atoms with Crippen LogP contribution in [0.4, 0.5) is 5.69 Å². The number of methoxy groups -OCH3 is 1. The molecule has 0 amide bonds. The molecular weight excluding hydrogens is 344 g/mol. The number of rotatable bonds is 4. The van der Waals surface area contributed by atoms with E-state index in [1.807, 2.05) is 29.3 Å². The van der Waals surface area contributed by atoms with Crippen LogP contribution in [-0.4, -0.2) is 35.9 Å². The maximum absolute atomic E-state index is 5.58. The minimum absolute atomic E-state index is 0.149. The highest BCUT2D eigenvalue weighted by Crippen LogP contribution is 2.28. The van der Waals surface area contributed by atoms with Crippen molar-refractivity contribution >= 4 is 23.0 Å². The molecule has 2 fully saturated rings. The number of ether oxygens (including phenoxy) is 1. The van der Waals surface area contributed by atoms with E-state index in [0.717, 1.165) is 49.0 Å². The highest BCUT2D eigenvalue weighted by atomic mass is 32.1. The maximum atomic E-state index is 5.58. The van der Waals surface area contributed by atoms with E-state index in [0.29, 0.717) is 0 Å². The fourth-order valence-corrected chi connectivity index (χ4v) is 3.98. The highest BCUT2D eigenvalue weighted by molar-refractivity contribution is 7.80. The Morgan fingerprint density at radius 2 is 1.73 bits per heavy atom. The molecule has 4 rings (SSSR count). The Morgan fingerprint density at radius 3 is 2.38 bits per heavy atom. The summed E-state index contributed by atoms with van der Waals surface area (Å²) in [7, 11) is 1.67. The van der Waals surface area contributed by atoms with Crippen LogP contribution < -0.4 is 20.5 Å². The second-order valence-corrected chi connectivity index (χ2v) is 7.31. The zero-order chi connectivity index (χ0) is 18.0. The number of piperidine rings is 1. The normalized spacial score (nSPS) is 19.6. The Bertz CT molecular complexity index is 757. The molecule has 0 atom stereocenters. The zero-order valence-corrected chi connectivity index (χ0v) is 15.8. The van der Waals surface area contributed by atoms with E-state index in [-0.39, 0.29) is 5.66 Å². The van der Waals surface area contributed by atoms with Crippen LogP contribution in [0.2, 0.25) is 0 Å². The molecule has 6 heteroatoms. The van der Waals surface area contributed by atoms with Crippen molar-refractivity contribution in [2.24, 2.45) is 0 Å². The average molecular weight is 369 g/mol. The Kier molecular flexibility index (Phi) is 4.80. The monoisotopic (exact) mass is 368 g/mol. The summed E-state index contributed by atoms with van der Waals surface area (Å²) in [6, 6.07) is 18.6. The van der Waals surface area contributed by atoms with Crippen LogP contribution in [0.3, 0.4) is 0 Å². The number of thiocarbonyl (C=S) groups is 1. The topological polar surface area (TPSA) is 39.8 Å². The van der Waals surface area contributed by atoms with Gasteiger partial charge in [0.05, 0.1) is 12.8 Å². The summed E-state index contributed by atoms with van der Waals surface area (Å²) in [4.78, 5) is 2.50. The standard InChI is InChI=1S/C20H24N4OS/c1-25-18-9-7-17(8-10-18)24-19(26)21-20(22-24)11-13-23(14-12-20)15-16-5-3-2-4-6-16/h2-10,22H,11-15H2,1H3,(H,21,26). The van der Waals surface area contributed by atoms with Gasteiger partial charge in [0.15, 0.2) is 5.11 Å². The molecule has 0 bridgehead atoms. The number of hydrogen-bond donors (Lipinski definition) is 2. The largest absolute Gasteiger partial charge is 0.497 e. The van der Waals surface area contributed by atoms with E-state index in [9.17, 15) is 0 Å². The van der Waals surface area contributed by atoms with Gasteiger partial charge in [-0.25, -0.2) is 5.43 Å². The van der Waals surface area contributed by atoms with Gasteiger partial charge in [0.1, 0.15) is 11.4 Å². The number of hydrazine groups is 1. The zero-order valence-electron chi connectivity index (χ0n) is 14.9. The molecule has 2 heterocycles. The molecule has 0 saturated carbocycles. The van der Waals surface area contributed by atoms with Crippen LogP contribution in [0.15, 0.2) is 54.6 Å². The number of anilines is 1. The van der Waals surface area contributed by atoms with E-state index < -0.39 is 0 Å². The van der Waals surface area contributed by atoms with Crippen molar-refractivity contribution in [2.45, 2.75) is 25.0 Å². The van der Waals surface area contributed by atoms with Crippen LogP contribution in [0.1, 0.15) is 18.4 Å². The van der Waals surface area contributed by atoms with Gasteiger partial charge < -0.3 is 10.1 Å². The summed E-state index contributed by atoms with van der Waals surface area (Å²) < 4.78 is 5.24. The van der Waals surface area contributed by atoms with Gasteiger partial charge in [-0.3, -0.25) is 9.91 Å². The van der Waals surface area contributed by atoms with Gasteiger partial charge in [0.2, 0.25) is 0 Å². The molecular formula is C20H24N4OS. The predicted octanol–water partition coefficient (Wildman–Crippen LogP) is 2.89. The lowest BCUT2D eigenvalue weighted by Gasteiger charge is -2.39. The van der Waals surface area contributed by atoms with Gasteiger partial charge >= 0.3 is 0 Å². The summed E-state index contributed by atoms with van der Waals surface area (Å²) >= 11 is 5.58. The third-order valence-corrected chi connectivity index (χ3v) is 5.45. The Balaban J connectivity index is 1.39. The Labute approximate surface area is 159 Å². The molecule has 2 aliphatic heterocycles. The number of benzene rings is 2. The predicted molar refractivity (Wildman–Crippen MR) is 108 cm³/mol. The Morgan fingerprint density at radius 1 is 1.04 bits per heavy atom. The van der Waals surface area contributed by atoms with Gasteiger partial charge in [-0.15, -0.1) is 0 Å². The van der Waals surface area contributed by atoms with Crippen molar-refractivity contribution in [3.63, 3.8) is 0 Å². The summed E-state index contributed by atoms with van der Waals surface area (Å²) in [5.74, 6) is 0.843. The van der Waals surface area contributed by atoms with Crippen LogP contribution >= 0.6 is 12.2 Å². The fourth-order valence-electron chi connectivity index (χ4n) is 3.64. The van der Waals surface area contributed by atoms with E-state index in [1.54, 1.807) is 7.11 Å². The highest BCUT2D eigenvalue weighted by Gasteiger charge is 2.42. The average Bonchev–Trinajstić information content (AvgIpc) is 3.01. The van der Waals surface area contributed by atoms with E-state index >= 15 is 0 Å². The van der Waals surface area contributed by atoms with Gasteiger partial charge in [-0.1, -0.05) is 30.3 Å². The lowest BCUT2D eigenvalue weighted by atomic mass is 9.97. The third-order valence-electron chi connectivity index (χ3n) is 5.16. The molecule has 0 aliphatic carbocycles. The van der Waals surface area contributed by atoms with Crippen molar-refractivity contribution in [3.8, 4) is 5.75 Å². The molecule has 2 aromatic carbocycles. The van der Waals surface area contributed by atoms with Crippen molar-refractivity contribution in [1.82, 2.24) is 15.6 Å². The van der Waals surface area contributed by atoms with Crippen molar-refractivity contribution in [2.75, 3.05) is 25.2 Å². The molecule has 26 heavy (non-hydrogen) atoms. The van der Waals surface area contributed by atoms with Crippen molar-refractivity contribution in [3.05, 3.63) is 60.2 Å². The lowest BCUT2D eigenvalue weighted by Crippen LogP contribution is -2.57. The first kappa shape index (κ1) is 17.3. The number of nitrogens with one attached hydrogen (secondary N) is 2. The minimum atomic E-state index is -0.149. The molecule has 2 aromatic rings. The summed E-state index contributed by atoms with van der Waals surface area (Å²) in [5.41, 5.74) is 5.85. The molecule has 5 nitrogen and oxygen atoms in total. The minimum Gasteiger partial charge on any atom is -0.497 e. The molecule has 0 aromatic heterocycles. The molecule has 2 N–H and O–H groups in total. The van der Waals surface area contributed by atoms with E-state index in [1.165, 1.54) is 5.56 Å². The van der Waals surface area contributed by atoms with Gasteiger partial charge in [-0.2, -0.15) is 0 Å². The summed E-state index contributed by atoms with van der Waals surface area (Å²) in [5, 5.41) is 6.22. The molecule has 0 unspecified atom stereocenters. The van der Waals surface area contributed by atoms with Crippen LogP contribution in [0.5, 0.6) is 5.75 Å². The first-order valence-electron chi connectivity index (χ1n) is 8.98. The molecule has 1 spiro atoms. The third kappa shape index (κ3) is 3.53. The Hall–Kier alpha value is -2.15. The van der Waals surface area contributed by atoms with Crippen LogP contribution in [-0.2, 0) is 6.54 Å². The van der Waals surface area contributed by atoms with Crippen LogP contribution in [0, 0.1) is 0 Å². The second-order valence-electron chi connectivity index (χ2n) is 6.92. The molecule has 2 aliphatic rings. The molecule has 2 saturated heterocycles. The lowest BCUT2D eigenvalue weighted by molar-refractivity contribution is 0.131. The smallest absolute Gasteiger partial charge is 0.189 e. The summed E-state index contributed by atoms with van der Waals surface area (Å²) in [6.07, 6.45) is 2.01. The van der Waals surface area contributed by atoms with Crippen LogP contribution in [0.25, 0.3) is 0 Å². The molecule has 0 radical (unpaired) electrons. The molecule has 136 valence electrons. The SMILES string of the molecule is COc1ccc(N2NC3(CCN(Cc4ccccc4)CC3)NC2=S)cc1. The maximum Gasteiger partial charge on any atom is 0.189 e. The van der Waals surface area contributed by atoms with E-state index in [4.69, 9.17) is 17.0 Å². The van der Waals surface area contributed by atoms with Gasteiger partial charge in [0, 0.05) is 19.6 Å². The van der Waals surface area contributed by atoms with Crippen molar-refractivity contribution in [1.29, 1.82) is 0 Å². The van der Waals surface area contributed by atoms with Gasteiger partial charge in [0.25, 0.3) is 0 Å².